The van der Waals surface area contributed by atoms with E-state index in [9.17, 15) is 10.2 Å². The number of ether oxygens (including phenoxy) is 1. The van der Waals surface area contributed by atoms with E-state index in [1.165, 1.54) is 16.7 Å². The van der Waals surface area contributed by atoms with Gasteiger partial charge in [0, 0.05) is 0 Å². The molecule has 3 aliphatic carbocycles. The molecule has 0 heterocycles. The summed E-state index contributed by atoms with van der Waals surface area (Å²) in [6.07, 6.45) is 3.98. The third-order valence-electron chi connectivity index (χ3n) is 7.92. The molecule has 3 aliphatic rings. The lowest BCUT2D eigenvalue weighted by molar-refractivity contribution is -0.0505. The third-order valence-corrected chi connectivity index (χ3v) is 7.92. The van der Waals surface area contributed by atoms with Crippen molar-refractivity contribution in [2.24, 2.45) is 17.3 Å². The van der Waals surface area contributed by atoms with Gasteiger partial charge in [0.15, 0.2) is 0 Å². The van der Waals surface area contributed by atoms with Gasteiger partial charge in [0.05, 0.1) is 12.2 Å². The Labute approximate surface area is 167 Å². The summed E-state index contributed by atoms with van der Waals surface area (Å²) in [4.78, 5) is 0. The monoisotopic (exact) mass is 378 g/mol. The van der Waals surface area contributed by atoms with Gasteiger partial charge >= 0.3 is 0 Å². The van der Waals surface area contributed by atoms with Crippen LogP contribution >= 0.6 is 0 Å². The lowest BCUT2D eigenvalue weighted by Gasteiger charge is -2.49. The summed E-state index contributed by atoms with van der Waals surface area (Å²) in [5.41, 5.74) is 3.97. The van der Waals surface area contributed by atoms with Gasteiger partial charge in [-0.3, -0.25) is 0 Å². The van der Waals surface area contributed by atoms with Gasteiger partial charge in [-0.1, -0.05) is 43.3 Å². The number of hydrogen-bond acceptors (Lipinski definition) is 3. The van der Waals surface area contributed by atoms with E-state index in [1.807, 2.05) is 18.2 Å². The second-order valence-corrected chi connectivity index (χ2v) is 9.34. The Bertz CT molecular complexity index is 848. The SMILES string of the molecule is C[C@]12CC[C@@H]3c4ccc(OCc5ccccc5)cc4CC[C@H]3[C@@H]1C[C@@H](O)[C@@H]2O. The lowest BCUT2D eigenvalue weighted by atomic mass is 9.55. The van der Waals surface area contributed by atoms with Gasteiger partial charge in [0.25, 0.3) is 0 Å². The molecule has 0 spiro atoms. The van der Waals surface area contributed by atoms with E-state index in [4.69, 9.17) is 4.74 Å². The summed E-state index contributed by atoms with van der Waals surface area (Å²) in [6, 6.07) is 16.9. The third kappa shape index (κ3) is 2.87. The van der Waals surface area contributed by atoms with Gasteiger partial charge in [-0.25, -0.2) is 0 Å². The molecule has 0 aromatic heterocycles. The standard InChI is InChI=1S/C25H30O3/c1-25-12-11-20-19-10-8-18(28-15-16-5-3-2-4-6-16)13-17(19)7-9-21(20)22(25)14-23(26)24(25)27/h2-6,8,10,13,20-24,26-27H,7,9,11-12,14-15H2,1H3/t20-,21-,22+,23-,24+,25+/m1/s1. The zero-order valence-electron chi connectivity index (χ0n) is 16.6. The van der Waals surface area contributed by atoms with E-state index >= 15 is 0 Å². The second-order valence-electron chi connectivity index (χ2n) is 9.34. The molecule has 0 bridgehead atoms. The van der Waals surface area contributed by atoms with Crippen molar-refractivity contribution in [2.75, 3.05) is 0 Å². The minimum Gasteiger partial charge on any atom is -0.489 e. The van der Waals surface area contributed by atoms with Crippen molar-refractivity contribution in [3.63, 3.8) is 0 Å². The van der Waals surface area contributed by atoms with Crippen LogP contribution in [0.5, 0.6) is 5.75 Å². The zero-order valence-corrected chi connectivity index (χ0v) is 16.6. The van der Waals surface area contributed by atoms with Crippen LogP contribution in [-0.2, 0) is 13.0 Å². The number of aliphatic hydroxyl groups is 2. The molecule has 3 heteroatoms. The van der Waals surface area contributed by atoms with E-state index < -0.39 is 12.2 Å². The van der Waals surface area contributed by atoms with Crippen LogP contribution in [0.3, 0.4) is 0 Å². The van der Waals surface area contributed by atoms with Crippen LogP contribution in [0.25, 0.3) is 0 Å². The number of fused-ring (bicyclic) bond motifs is 5. The predicted molar refractivity (Wildman–Crippen MR) is 109 cm³/mol. The topological polar surface area (TPSA) is 49.7 Å². The molecule has 148 valence electrons. The number of hydrogen-bond donors (Lipinski definition) is 2. The first kappa shape index (κ1) is 18.2. The van der Waals surface area contributed by atoms with Crippen molar-refractivity contribution < 1.29 is 14.9 Å². The first-order valence-corrected chi connectivity index (χ1v) is 10.7. The Kier molecular flexibility index (Phi) is 4.48. The van der Waals surface area contributed by atoms with Crippen LogP contribution in [0, 0.1) is 17.3 Å². The van der Waals surface area contributed by atoms with Crippen LogP contribution in [0.1, 0.15) is 55.2 Å². The number of aryl methyl sites for hydroxylation is 1. The fraction of sp³-hybridized carbons (Fsp3) is 0.520. The maximum atomic E-state index is 10.6. The molecule has 2 saturated carbocycles. The molecule has 3 nitrogen and oxygen atoms in total. The Balaban J connectivity index is 1.35. The van der Waals surface area contributed by atoms with E-state index in [0.717, 1.165) is 37.9 Å². The highest BCUT2D eigenvalue weighted by Gasteiger charge is 2.57. The molecule has 0 unspecified atom stereocenters. The molecule has 2 N–H and O–H groups in total. The Morgan fingerprint density at radius 3 is 2.71 bits per heavy atom. The van der Waals surface area contributed by atoms with Gasteiger partial charge in [0.1, 0.15) is 12.4 Å². The smallest absolute Gasteiger partial charge is 0.120 e. The second kappa shape index (κ2) is 6.89. The van der Waals surface area contributed by atoms with Crippen LogP contribution in [-0.4, -0.2) is 22.4 Å². The zero-order chi connectivity index (χ0) is 19.3. The van der Waals surface area contributed by atoms with Crippen molar-refractivity contribution in [3.05, 3.63) is 65.2 Å². The molecule has 6 atom stereocenters. The maximum absolute atomic E-state index is 10.6. The first-order chi connectivity index (χ1) is 13.6. The molecular weight excluding hydrogens is 348 g/mol. The van der Waals surface area contributed by atoms with Gasteiger partial charge in [-0.15, -0.1) is 0 Å². The molecule has 5 rings (SSSR count). The molecule has 2 aromatic rings. The molecule has 0 amide bonds. The van der Waals surface area contributed by atoms with Crippen molar-refractivity contribution in [3.8, 4) is 5.75 Å². The number of benzene rings is 2. The summed E-state index contributed by atoms with van der Waals surface area (Å²) in [7, 11) is 0. The highest BCUT2D eigenvalue weighted by Crippen LogP contribution is 2.60. The maximum Gasteiger partial charge on any atom is 0.120 e. The highest BCUT2D eigenvalue weighted by molar-refractivity contribution is 5.41. The number of rotatable bonds is 3. The van der Waals surface area contributed by atoms with Gasteiger partial charge in [-0.2, -0.15) is 0 Å². The van der Waals surface area contributed by atoms with E-state index in [-0.39, 0.29) is 5.41 Å². The Hall–Kier alpha value is -1.84. The Morgan fingerprint density at radius 1 is 1.07 bits per heavy atom. The van der Waals surface area contributed by atoms with Gasteiger partial charge in [-0.05, 0) is 84.1 Å². The molecule has 0 saturated heterocycles. The van der Waals surface area contributed by atoms with E-state index in [2.05, 4.69) is 37.3 Å². The highest BCUT2D eigenvalue weighted by atomic mass is 16.5. The lowest BCUT2D eigenvalue weighted by Crippen LogP contribution is -2.44. The Morgan fingerprint density at radius 2 is 1.89 bits per heavy atom. The van der Waals surface area contributed by atoms with Gasteiger partial charge < -0.3 is 14.9 Å². The molecule has 28 heavy (non-hydrogen) atoms. The summed E-state index contributed by atoms with van der Waals surface area (Å²) in [5.74, 6) is 2.52. The van der Waals surface area contributed by atoms with Crippen molar-refractivity contribution in [1.29, 1.82) is 0 Å². The van der Waals surface area contributed by atoms with Gasteiger partial charge in [0.2, 0.25) is 0 Å². The summed E-state index contributed by atoms with van der Waals surface area (Å²) < 4.78 is 6.04. The van der Waals surface area contributed by atoms with Crippen LogP contribution in [0.4, 0.5) is 0 Å². The predicted octanol–water partition coefficient (Wildman–Crippen LogP) is 4.45. The van der Waals surface area contributed by atoms with Crippen molar-refractivity contribution >= 4 is 0 Å². The minimum atomic E-state index is -0.561. The average molecular weight is 379 g/mol. The molecule has 0 aliphatic heterocycles. The fourth-order valence-corrected chi connectivity index (χ4v) is 6.38. The average Bonchev–Trinajstić information content (AvgIpc) is 2.96. The van der Waals surface area contributed by atoms with Crippen LogP contribution in [0.15, 0.2) is 48.5 Å². The van der Waals surface area contributed by atoms with E-state index in [0.29, 0.717) is 24.4 Å². The van der Waals surface area contributed by atoms with Crippen LogP contribution in [0.2, 0.25) is 0 Å². The fourth-order valence-electron chi connectivity index (χ4n) is 6.38. The summed E-state index contributed by atoms with van der Waals surface area (Å²) >= 11 is 0. The molecule has 2 fully saturated rings. The largest absolute Gasteiger partial charge is 0.489 e. The van der Waals surface area contributed by atoms with E-state index in [1.54, 1.807) is 0 Å². The number of aliphatic hydroxyl groups excluding tert-OH is 2. The first-order valence-electron chi connectivity index (χ1n) is 10.7. The normalized spacial score (nSPS) is 36.3. The quantitative estimate of drug-likeness (QED) is 0.829. The summed E-state index contributed by atoms with van der Waals surface area (Å²) in [6.45, 7) is 2.80. The molecule has 0 radical (unpaired) electrons. The summed E-state index contributed by atoms with van der Waals surface area (Å²) in [5, 5.41) is 20.9. The molecular formula is C25H30O3. The van der Waals surface area contributed by atoms with Crippen molar-refractivity contribution in [1.82, 2.24) is 0 Å². The van der Waals surface area contributed by atoms with Crippen molar-refractivity contribution in [2.45, 2.75) is 63.8 Å². The minimum absolute atomic E-state index is 0.114. The molecule has 2 aromatic carbocycles. The van der Waals surface area contributed by atoms with Crippen LogP contribution < -0.4 is 4.74 Å².